The molecule has 0 atom stereocenters. The van der Waals surface area contributed by atoms with Gasteiger partial charge in [-0.2, -0.15) is 0 Å². The van der Waals surface area contributed by atoms with Crippen molar-refractivity contribution in [1.82, 2.24) is 0 Å². The second-order valence-corrected chi connectivity index (χ2v) is 2.93. The fraction of sp³-hybridized carbons (Fsp3) is 0.182. The Morgan fingerprint density at radius 1 is 1.36 bits per heavy atom. The molecule has 3 nitrogen and oxygen atoms in total. The third-order valence-corrected chi connectivity index (χ3v) is 2.02. The summed E-state index contributed by atoms with van der Waals surface area (Å²) < 4.78 is 10.5. The van der Waals surface area contributed by atoms with Gasteiger partial charge >= 0.3 is 5.97 Å². The van der Waals surface area contributed by atoms with E-state index >= 15 is 0 Å². The van der Waals surface area contributed by atoms with Crippen LogP contribution in [0.3, 0.4) is 0 Å². The molecule has 1 aliphatic heterocycles. The average Bonchev–Trinajstić information content (AvgIpc) is 2.39. The number of benzene rings is 1. The maximum absolute atomic E-state index is 11.5. The standard InChI is InChI=1S/C11H10O3/c1-2-8-7-13-10-6-4-3-5-9(10)11(12)14-8/h2-6H,7H2,1H3/b8-2-. The first-order valence-electron chi connectivity index (χ1n) is 4.40. The van der Waals surface area contributed by atoms with Crippen molar-refractivity contribution in [2.75, 3.05) is 6.61 Å². The number of ether oxygens (including phenoxy) is 2. The Balaban J connectivity index is 2.41. The van der Waals surface area contributed by atoms with Gasteiger partial charge in [0.05, 0.1) is 0 Å². The Hall–Kier alpha value is -1.77. The third kappa shape index (κ3) is 1.48. The van der Waals surface area contributed by atoms with E-state index in [0.717, 1.165) is 0 Å². The van der Waals surface area contributed by atoms with Crippen molar-refractivity contribution >= 4 is 5.97 Å². The number of fused-ring (bicyclic) bond motifs is 1. The highest BCUT2D eigenvalue weighted by molar-refractivity contribution is 5.93. The lowest BCUT2D eigenvalue weighted by atomic mass is 10.2. The van der Waals surface area contributed by atoms with Crippen molar-refractivity contribution in [3.8, 4) is 5.75 Å². The molecule has 0 unspecified atom stereocenters. The molecule has 0 spiro atoms. The van der Waals surface area contributed by atoms with Crippen molar-refractivity contribution in [3.63, 3.8) is 0 Å². The Morgan fingerprint density at radius 3 is 2.93 bits per heavy atom. The summed E-state index contributed by atoms with van der Waals surface area (Å²) in [5.74, 6) is 0.770. The largest absolute Gasteiger partial charge is 0.485 e. The zero-order chi connectivity index (χ0) is 9.97. The van der Waals surface area contributed by atoms with Crippen molar-refractivity contribution in [2.45, 2.75) is 6.92 Å². The van der Waals surface area contributed by atoms with Gasteiger partial charge in [0.1, 0.15) is 23.7 Å². The van der Waals surface area contributed by atoms with E-state index in [1.165, 1.54) is 0 Å². The maximum atomic E-state index is 11.5. The van der Waals surface area contributed by atoms with Crippen LogP contribution >= 0.6 is 0 Å². The molecule has 0 aliphatic carbocycles. The second kappa shape index (κ2) is 3.54. The van der Waals surface area contributed by atoms with Crippen LogP contribution < -0.4 is 4.74 Å². The van der Waals surface area contributed by atoms with E-state index in [9.17, 15) is 4.79 Å². The molecule has 0 fully saturated rings. The molecule has 14 heavy (non-hydrogen) atoms. The summed E-state index contributed by atoms with van der Waals surface area (Å²) in [5, 5.41) is 0. The highest BCUT2D eigenvalue weighted by Crippen LogP contribution is 2.23. The number of para-hydroxylation sites is 1. The highest BCUT2D eigenvalue weighted by Gasteiger charge is 2.19. The van der Waals surface area contributed by atoms with E-state index in [1.54, 1.807) is 24.3 Å². The first-order chi connectivity index (χ1) is 6.81. The summed E-state index contributed by atoms with van der Waals surface area (Å²) in [6.07, 6.45) is 1.73. The normalized spacial score (nSPS) is 18.1. The summed E-state index contributed by atoms with van der Waals surface area (Å²) in [6.45, 7) is 2.11. The lowest BCUT2D eigenvalue weighted by molar-refractivity contribution is 0.0616. The molecule has 2 rings (SSSR count). The van der Waals surface area contributed by atoms with Crippen LogP contribution in [0.2, 0.25) is 0 Å². The lowest BCUT2D eigenvalue weighted by Gasteiger charge is -2.02. The predicted molar refractivity (Wildman–Crippen MR) is 51.1 cm³/mol. The maximum Gasteiger partial charge on any atom is 0.347 e. The molecule has 0 saturated heterocycles. The van der Waals surface area contributed by atoms with Gasteiger partial charge in [0, 0.05) is 0 Å². The molecule has 0 saturated carbocycles. The van der Waals surface area contributed by atoms with Crippen LogP contribution in [0.4, 0.5) is 0 Å². The lowest BCUT2D eigenvalue weighted by Crippen LogP contribution is -2.03. The molecule has 72 valence electrons. The molecular weight excluding hydrogens is 180 g/mol. The average molecular weight is 190 g/mol. The number of hydrogen-bond acceptors (Lipinski definition) is 3. The molecule has 0 bridgehead atoms. The zero-order valence-electron chi connectivity index (χ0n) is 7.82. The Kier molecular flexibility index (Phi) is 2.23. The fourth-order valence-corrected chi connectivity index (χ4v) is 1.26. The molecule has 1 aromatic rings. The summed E-state index contributed by atoms with van der Waals surface area (Å²) in [4.78, 5) is 11.5. The number of carbonyl (C=O) groups excluding carboxylic acids is 1. The zero-order valence-corrected chi connectivity index (χ0v) is 7.82. The van der Waals surface area contributed by atoms with Crippen LogP contribution in [-0.4, -0.2) is 12.6 Å². The summed E-state index contributed by atoms with van der Waals surface area (Å²) in [5.41, 5.74) is 0.476. The van der Waals surface area contributed by atoms with Crippen LogP contribution in [0.25, 0.3) is 0 Å². The molecule has 0 N–H and O–H groups in total. The number of rotatable bonds is 0. The quantitative estimate of drug-likeness (QED) is 0.588. The smallest absolute Gasteiger partial charge is 0.347 e. The Labute approximate surface area is 81.9 Å². The first kappa shape index (κ1) is 8.81. The second-order valence-electron chi connectivity index (χ2n) is 2.93. The van der Waals surface area contributed by atoms with Gasteiger partial charge in [0.15, 0.2) is 0 Å². The molecule has 1 aromatic carbocycles. The van der Waals surface area contributed by atoms with Crippen molar-refractivity contribution in [1.29, 1.82) is 0 Å². The van der Waals surface area contributed by atoms with E-state index in [2.05, 4.69) is 0 Å². The molecule has 0 aromatic heterocycles. The SMILES string of the molecule is C/C=C1/COc2ccccc2C(=O)O1. The van der Waals surface area contributed by atoms with Gasteiger partial charge in [-0.25, -0.2) is 4.79 Å². The molecule has 0 radical (unpaired) electrons. The van der Waals surface area contributed by atoms with E-state index in [4.69, 9.17) is 9.47 Å². The number of cyclic esters (lactones) is 1. The molecule has 1 heterocycles. The van der Waals surface area contributed by atoms with Gasteiger partial charge in [-0.15, -0.1) is 0 Å². The number of hydrogen-bond donors (Lipinski definition) is 0. The Bertz CT molecular complexity index is 393. The van der Waals surface area contributed by atoms with Crippen LogP contribution in [0, 0.1) is 0 Å². The topological polar surface area (TPSA) is 35.5 Å². The van der Waals surface area contributed by atoms with Crippen LogP contribution in [-0.2, 0) is 4.74 Å². The van der Waals surface area contributed by atoms with Gasteiger partial charge in [-0.3, -0.25) is 0 Å². The van der Waals surface area contributed by atoms with Crippen molar-refractivity contribution in [2.24, 2.45) is 0 Å². The van der Waals surface area contributed by atoms with E-state index in [1.807, 2.05) is 13.0 Å². The van der Waals surface area contributed by atoms with Crippen LogP contribution in [0.5, 0.6) is 5.75 Å². The predicted octanol–water partition coefficient (Wildman–Crippen LogP) is 2.14. The van der Waals surface area contributed by atoms with Crippen molar-refractivity contribution in [3.05, 3.63) is 41.7 Å². The van der Waals surface area contributed by atoms with Gasteiger partial charge < -0.3 is 9.47 Å². The third-order valence-electron chi connectivity index (χ3n) is 2.02. The van der Waals surface area contributed by atoms with E-state index < -0.39 is 0 Å². The number of carbonyl (C=O) groups is 1. The molecule has 3 heteroatoms. The molecule has 0 amide bonds. The minimum atomic E-state index is -0.355. The monoisotopic (exact) mass is 190 g/mol. The van der Waals surface area contributed by atoms with Crippen molar-refractivity contribution < 1.29 is 14.3 Å². The number of allylic oxidation sites excluding steroid dienone is 1. The highest BCUT2D eigenvalue weighted by atomic mass is 16.6. The summed E-state index contributed by atoms with van der Waals surface area (Å²) >= 11 is 0. The van der Waals surface area contributed by atoms with E-state index in [0.29, 0.717) is 23.7 Å². The fourth-order valence-electron chi connectivity index (χ4n) is 1.26. The number of esters is 1. The summed E-state index contributed by atoms with van der Waals surface area (Å²) in [6, 6.07) is 7.06. The van der Waals surface area contributed by atoms with E-state index in [-0.39, 0.29) is 5.97 Å². The minimum Gasteiger partial charge on any atom is -0.485 e. The van der Waals surface area contributed by atoms with Crippen LogP contribution in [0.1, 0.15) is 17.3 Å². The van der Waals surface area contributed by atoms with Gasteiger partial charge in [0.2, 0.25) is 0 Å². The minimum absolute atomic E-state index is 0.305. The van der Waals surface area contributed by atoms with Gasteiger partial charge in [-0.1, -0.05) is 12.1 Å². The summed E-state index contributed by atoms with van der Waals surface area (Å²) in [7, 11) is 0. The molecular formula is C11H10O3. The van der Waals surface area contributed by atoms with Gasteiger partial charge in [-0.05, 0) is 25.1 Å². The first-order valence-corrected chi connectivity index (χ1v) is 4.40. The molecule has 1 aliphatic rings. The van der Waals surface area contributed by atoms with Crippen LogP contribution in [0.15, 0.2) is 36.1 Å². The Morgan fingerprint density at radius 2 is 2.14 bits per heavy atom. The van der Waals surface area contributed by atoms with Gasteiger partial charge in [0.25, 0.3) is 0 Å².